The van der Waals surface area contributed by atoms with Crippen molar-refractivity contribution in [2.75, 3.05) is 32.7 Å². The Morgan fingerprint density at radius 1 is 1.24 bits per heavy atom. The van der Waals surface area contributed by atoms with Crippen LogP contribution >= 0.6 is 0 Å². The number of fused-ring (bicyclic) bond motifs is 1. The number of aromatic amines is 1. The fraction of sp³-hybridized carbons (Fsp3) is 0.722. The number of piperidine rings is 1. The molecule has 136 valence electrons. The van der Waals surface area contributed by atoms with Crippen molar-refractivity contribution < 1.29 is 9.53 Å². The minimum atomic E-state index is -0.263. The third kappa shape index (κ3) is 3.22. The Labute approximate surface area is 147 Å². The molecule has 7 nitrogen and oxygen atoms in total. The van der Waals surface area contributed by atoms with Crippen LogP contribution in [0.25, 0.3) is 0 Å². The van der Waals surface area contributed by atoms with Crippen molar-refractivity contribution in [2.24, 2.45) is 5.41 Å². The molecule has 0 aliphatic carbocycles. The molecule has 2 saturated heterocycles. The summed E-state index contributed by atoms with van der Waals surface area (Å²) in [7, 11) is 0. The Hall–Kier alpha value is -1.73. The number of rotatable bonds is 2. The van der Waals surface area contributed by atoms with E-state index in [9.17, 15) is 9.59 Å². The summed E-state index contributed by atoms with van der Waals surface area (Å²) in [4.78, 5) is 34.2. The van der Waals surface area contributed by atoms with Gasteiger partial charge in [0.25, 0.3) is 5.56 Å². The number of aryl methyl sites for hydroxylation is 1. The van der Waals surface area contributed by atoms with Crippen molar-refractivity contribution in [1.82, 2.24) is 20.2 Å². The van der Waals surface area contributed by atoms with Gasteiger partial charge in [0, 0.05) is 38.0 Å². The van der Waals surface area contributed by atoms with Crippen molar-refractivity contribution in [3.8, 4) is 0 Å². The van der Waals surface area contributed by atoms with E-state index in [1.54, 1.807) is 0 Å². The van der Waals surface area contributed by atoms with E-state index in [-0.39, 0.29) is 23.0 Å². The molecule has 1 unspecified atom stereocenters. The van der Waals surface area contributed by atoms with Gasteiger partial charge in [-0.05, 0) is 39.3 Å². The minimum absolute atomic E-state index is 0.00848. The summed E-state index contributed by atoms with van der Waals surface area (Å²) in [5, 5.41) is 3.32. The van der Waals surface area contributed by atoms with Gasteiger partial charge in [0.05, 0.1) is 11.1 Å². The third-order valence-corrected chi connectivity index (χ3v) is 5.91. The van der Waals surface area contributed by atoms with E-state index >= 15 is 0 Å². The first-order valence-electron chi connectivity index (χ1n) is 9.29. The van der Waals surface area contributed by atoms with Gasteiger partial charge in [-0.15, -0.1) is 0 Å². The molecule has 25 heavy (non-hydrogen) atoms. The van der Waals surface area contributed by atoms with Gasteiger partial charge in [0.15, 0.2) is 0 Å². The third-order valence-electron chi connectivity index (χ3n) is 5.91. The van der Waals surface area contributed by atoms with Crippen molar-refractivity contribution in [3.05, 3.63) is 27.4 Å². The van der Waals surface area contributed by atoms with E-state index in [0.717, 1.165) is 69.7 Å². The van der Waals surface area contributed by atoms with Crippen LogP contribution in [0.2, 0.25) is 0 Å². The van der Waals surface area contributed by atoms with Crippen LogP contribution in [0.5, 0.6) is 0 Å². The molecular weight excluding hydrogens is 320 g/mol. The van der Waals surface area contributed by atoms with Gasteiger partial charge in [-0.1, -0.05) is 0 Å². The predicted octanol–water partition coefficient (Wildman–Crippen LogP) is 0.164. The number of H-pyrrole nitrogens is 1. The van der Waals surface area contributed by atoms with E-state index in [0.29, 0.717) is 12.2 Å². The molecular formula is C18H26N4O3. The Kier molecular flexibility index (Phi) is 4.37. The van der Waals surface area contributed by atoms with Gasteiger partial charge in [-0.2, -0.15) is 0 Å². The number of nitrogens with one attached hydrogen (secondary N) is 2. The number of hydrogen-bond acceptors (Lipinski definition) is 6. The van der Waals surface area contributed by atoms with Gasteiger partial charge in [0.2, 0.25) is 0 Å². The summed E-state index contributed by atoms with van der Waals surface area (Å²) in [6.45, 7) is 6.03. The van der Waals surface area contributed by atoms with Gasteiger partial charge < -0.3 is 15.0 Å². The SMILES string of the molecule is Cc1nc2c(c(=O)[nH]1)CCN(CC1CC3(CCNCC3)C(=O)O1)CC2. The molecule has 2 N–H and O–H groups in total. The Balaban J connectivity index is 1.41. The van der Waals surface area contributed by atoms with E-state index in [1.165, 1.54) is 0 Å². The predicted molar refractivity (Wildman–Crippen MR) is 92.5 cm³/mol. The highest BCUT2D eigenvalue weighted by atomic mass is 16.6. The quantitative estimate of drug-likeness (QED) is 0.742. The molecule has 7 heteroatoms. The number of esters is 1. The van der Waals surface area contributed by atoms with E-state index < -0.39 is 0 Å². The summed E-state index contributed by atoms with van der Waals surface area (Å²) in [6, 6.07) is 0. The van der Waals surface area contributed by atoms with E-state index in [1.807, 2.05) is 6.92 Å². The average molecular weight is 346 g/mol. The van der Waals surface area contributed by atoms with Crippen LogP contribution in [0.3, 0.4) is 0 Å². The molecule has 4 heterocycles. The lowest BCUT2D eigenvalue weighted by Crippen LogP contribution is -2.40. The smallest absolute Gasteiger partial charge is 0.312 e. The Morgan fingerprint density at radius 2 is 2.00 bits per heavy atom. The van der Waals surface area contributed by atoms with Crippen molar-refractivity contribution in [3.63, 3.8) is 0 Å². The summed E-state index contributed by atoms with van der Waals surface area (Å²) in [5.74, 6) is 0.667. The number of hydrogen-bond donors (Lipinski definition) is 2. The van der Waals surface area contributed by atoms with Crippen LogP contribution < -0.4 is 10.9 Å². The van der Waals surface area contributed by atoms with Crippen molar-refractivity contribution in [1.29, 1.82) is 0 Å². The molecule has 0 amide bonds. The molecule has 0 bridgehead atoms. The van der Waals surface area contributed by atoms with Gasteiger partial charge in [-0.3, -0.25) is 14.5 Å². The highest BCUT2D eigenvalue weighted by molar-refractivity contribution is 5.79. The lowest BCUT2D eigenvalue weighted by atomic mass is 9.76. The first kappa shape index (κ1) is 16.7. The number of carbonyl (C=O) groups excluding carboxylic acids is 1. The fourth-order valence-electron chi connectivity index (χ4n) is 4.50. The Morgan fingerprint density at radius 3 is 2.80 bits per heavy atom. The summed E-state index contributed by atoms with van der Waals surface area (Å²) < 4.78 is 5.73. The molecule has 1 spiro atoms. The minimum Gasteiger partial charge on any atom is -0.461 e. The molecule has 0 aromatic carbocycles. The molecule has 3 aliphatic rings. The van der Waals surface area contributed by atoms with Gasteiger partial charge in [-0.25, -0.2) is 4.98 Å². The molecule has 3 aliphatic heterocycles. The largest absolute Gasteiger partial charge is 0.461 e. The topological polar surface area (TPSA) is 87.3 Å². The number of carbonyl (C=O) groups is 1. The summed E-state index contributed by atoms with van der Waals surface area (Å²) in [6.07, 6.45) is 4.04. The van der Waals surface area contributed by atoms with Crippen LogP contribution in [-0.2, 0) is 22.4 Å². The zero-order valence-corrected chi connectivity index (χ0v) is 14.8. The summed E-state index contributed by atoms with van der Waals surface area (Å²) >= 11 is 0. The maximum Gasteiger partial charge on any atom is 0.312 e. The fourth-order valence-corrected chi connectivity index (χ4v) is 4.50. The van der Waals surface area contributed by atoms with Crippen LogP contribution in [0.4, 0.5) is 0 Å². The zero-order chi connectivity index (χ0) is 17.4. The van der Waals surface area contributed by atoms with E-state index in [2.05, 4.69) is 20.2 Å². The van der Waals surface area contributed by atoms with Crippen LogP contribution in [0.15, 0.2) is 4.79 Å². The first-order chi connectivity index (χ1) is 12.1. The lowest BCUT2D eigenvalue weighted by Gasteiger charge is -2.29. The number of aromatic nitrogens is 2. The molecule has 1 aromatic rings. The standard InChI is InChI=1S/C18H26N4O3/c1-12-20-15-3-9-22(8-2-14(15)16(23)21-12)11-13-10-18(17(24)25-13)4-6-19-7-5-18/h13,19H,2-11H2,1H3,(H,20,21,23). The van der Waals surface area contributed by atoms with Crippen molar-refractivity contribution in [2.45, 2.75) is 45.1 Å². The van der Waals surface area contributed by atoms with Crippen LogP contribution in [0.1, 0.15) is 36.3 Å². The molecule has 1 aromatic heterocycles. The number of nitrogens with zero attached hydrogens (tertiary/aromatic N) is 2. The van der Waals surface area contributed by atoms with Crippen LogP contribution in [0, 0.1) is 12.3 Å². The molecule has 1 atom stereocenters. The van der Waals surface area contributed by atoms with Gasteiger partial charge in [0.1, 0.15) is 11.9 Å². The second-order valence-electron chi connectivity index (χ2n) is 7.64. The summed E-state index contributed by atoms with van der Waals surface area (Å²) in [5.41, 5.74) is 1.46. The van der Waals surface area contributed by atoms with E-state index in [4.69, 9.17) is 4.74 Å². The van der Waals surface area contributed by atoms with Crippen LogP contribution in [-0.4, -0.2) is 59.7 Å². The first-order valence-corrected chi connectivity index (χ1v) is 9.29. The highest BCUT2D eigenvalue weighted by Gasteiger charge is 2.49. The number of ether oxygens (including phenoxy) is 1. The zero-order valence-electron chi connectivity index (χ0n) is 14.8. The maximum atomic E-state index is 12.4. The monoisotopic (exact) mass is 346 g/mol. The highest BCUT2D eigenvalue weighted by Crippen LogP contribution is 2.41. The molecule has 2 fully saturated rings. The second-order valence-corrected chi connectivity index (χ2v) is 7.64. The molecule has 4 rings (SSSR count). The van der Waals surface area contributed by atoms with Gasteiger partial charge >= 0.3 is 5.97 Å². The second kappa shape index (κ2) is 6.53. The normalized spacial score (nSPS) is 26.3. The molecule has 0 saturated carbocycles. The van der Waals surface area contributed by atoms with Crippen molar-refractivity contribution >= 4 is 5.97 Å². The lowest BCUT2D eigenvalue weighted by molar-refractivity contribution is -0.150. The maximum absolute atomic E-state index is 12.4. The average Bonchev–Trinajstić information content (AvgIpc) is 2.74. The number of cyclic esters (lactones) is 1. The Bertz CT molecular complexity index is 724. The molecule has 0 radical (unpaired) electrons.